The van der Waals surface area contributed by atoms with E-state index in [4.69, 9.17) is 0 Å². The number of nitrogens with one attached hydrogen (secondary N) is 2. The summed E-state index contributed by atoms with van der Waals surface area (Å²) in [6.45, 7) is 0. The Morgan fingerprint density at radius 3 is 2.03 bits per heavy atom. The monoisotopic (exact) mass is 477 g/mol. The molecule has 5 aromatic rings. The summed E-state index contributed by atoms with van der Waals surface area (Å²) in [7, 11) is 0. The third kappa shape index (κ3) is 4.13. The smallest absolute Gasteiger partial charge is 0.265 e. The van der Waals surface area contributed by atoms with Gasteiger partial charge in [-0.25, -0.2) is 4.98 Å². The quantitative estimate of drug-likeness (QED) is 0.277. The Morgan fingerprint density at radius 1 is 0.812 bits per heavy atom. The second-order valence-corrected chi connectivity index (χ2v) is 9.72. The molecule has 0 aliphatic heterocycles. The largest absolute Gasteiger partial charge is 0.507 e. The van der Waals surface area contributed by atoms with E-state index >= 15 is 0 Å². The van der Waals surface area contributed by atoms with E-state index in [-0.39, 0.29) is 17.6 Å². The molecule has 0 aliphatic rings. The summed E-state index contributed by atoms with van der Waals surface area (Å²) in [6.07, 6.45) is 0. The molecule has 2 aromatic carbocycles. The highest BCUT2D eigenvalue weighted by Crippen LogP contribution is 2.37. The zero-order valence-corrected chi connectivity index (χ0v) is 18.8. The lowest BCUT2D eigenvalue weighted by Crippen LogP contribution is -2.09. The summed E-state index contributed by atoms with van der Waals surface area (Å²) >= 11 is 4.17. The maximum atomic E-state index is 12.3. The zero-order chi connectivity index (χ0) is 22.1. The number of phenols is 1. The van der Waals surface area contributed by atoms with Crippen LogP contribution in [0.25, 0.3) is 20.8 Å². The molecule has 0 saturated heterocycles. The van der Waals surface area contributed by atoms with Crippen LogP contribution in [0.2, 0.25) is 0 Å². The van der Waals surface area contributed by atoms with Crippen molar-refractivity contribution in [1.29, 1.82) is 0 Å². The van der Waals surface area contributed by atoms with Crippen molar-refractivity contribution in [1.82, 2.24) is 4.98 Å². The Labute approximate surface area is 194 Å². The Bertz CT molecular complexity index is 1420. The molecule has 32 heavy (non-hydrogen) atoms. The fourth-order valence-corrected chi connectivity index (χ4v) is 5.33. The SMILES string of the molecule is O=C(Nc1ccc(-c2nc3cc(NC(=O)c4cccs4)ccc3s2)c(O)c1)c1cccs1. The van der Waals surface area contributed by atoms with Gasteiger partial charge in [0.05, 0.1) is 25.5 Å². The third-order valence-corrected chi connectivity index (χ3v) is 7.43. The highest BCUT2D eigenvalue weighted by Gasteiger charge is 2.14. The average molecular weight is 478 g/mol. The van der Waals surface area contributed by atoms with Crippen LogP contribution in [-0.2, 0) is 0 Å². The highest BCUT2D eigenvalue weighted by atomic mass is 32.1. The van der Waals surface area contributed by atoms with Gasteiger partial charge in [0, 0.05) is 17.4 Å². The standard InChI is InChI=1S/C23H15N3O3S3/c27-17-12-14(25-22(29)20-4-2-10-31-20)5-7-15(17)23-26-16-11-13(6-8-18(16)32-23)24-21(28)19-3-1-9-30-19/h1-12,27H,(H,24,28)(H,25,29). The average Bonchev–Trinajstić information content (AvgIpc) is 3.55. The van der Waals surface area contributed by atoms with Gasteiger partial charge >= 0.3 is 0 Å². The van der Waals surface area contributed by atoms with Crippen LogP contribution in [0.3, 0.4) is 0 Å². The van der Waals surface area contributed by atoms with E-state index < -0.39 is 0 Å². The summed E-state index contributed by atoms with van der Waals surface area (Å²) in [5, 5.41) is 20.6. The minimum Gasteiger partial charge on any atom is -0.507 e. The van der Waals surface area contributed by atoms with Crippen LogP contribution in [0.4, 0.5) is 11.4 Å². The predicted molar refractivity (Wildman–Crippen MR) is 131 cm³/mol. The number of aromatic nitrogens is 1. The molecule has 0 aliphatic carbocycles. The number of rotatable bonds is 5. The molecule has 6 nitrogen and oxygen atoms in total. The third-order valence-electron chi connectivity index (χ3n) is 4.62. The molecule has 3 N–H and O–H groups in total. The van der Waals surface area contributed by atoms with Gasteiger partial charge in [0.15, 0.2) is 0 Å². The van der Waals surface area contributed by atoms with Crippen LogP contribution < -0.4 is 10.6 Å². The fraction of sp³-hybridized carbons (Fsp3) is 0. The molecule has 0 fully saturated rings. The Hall–Kier alpha value is -3.53. The molecular weight excluding hydrogens is 462 g/mol. The first-order valence-corrected chi connectivity index (χ1v) is 12.1. The van der Waals surface area contributed by atoms with Crippen LogP contribution >= 0.6 is 34.0 Å². The summed E-state index contributed by atoms with van der Waals surface area (Å²) in [5.74, 6) is -0.351. The van der Waals surface area contributed by atoms with E-state index in [9.17, 15) is 14.7 Å². The van der Waals surface area contributed by atoms with Crippen LogP contribution in [0.5, 0.6) is 5.75 Å². The minimum absolute atomic E-state index is 0.0271. The lowest BCUT2D eigenvalue weighted by Gasteiger charge is -2.06. The van der Waals surface area contributed by atoms with Crippen molar-refractivity contribution in [3.63, 3.8) is 0 Å². The van der Waals surface area contributed by atoms with Crippen LogP contribution in [0.15, 0.2) is 71.4 Å². The number of benzene rings is 2. The van der Waals surface area contributed by atoms with Crippen molar-refractivity contribution in [2.75, 3.05) is 10.6 Å². The molecule has 9 heteroatoms. The summed E-state index contributed by atoms with van der Waals surface area (Å²) in [5.41, 5.74) is 2.46. The van der Waals surface area contributed by atoms with Gasteiger partial charge in [-0.05, 0) is 53.2 Å². The molecule has 0 saturated carbocycles. The molecule has 0 spiro atoms. The Morgan fingerprint density at radius 2 is 1.44 bits per heavy atom. The predicted octanol–water partition coefficient (Wildman–Crippen LogP) is 6.30. The minimum atomic E-state index is -0.218. The number of phenolic OH excluding ortho intramolecular Hbond substituents is 1. The van der Waals surface area contributed by atoms with Gasteiger partial charge < -0.3 is 15.7 Å². The first-order chi connectivity index (χ1) is 15.6. The van der Waals surface area contributed by atoms with Crippen LogP contribution in [0, 0.1) is 0 Å². The molecular formula is C23H15N3O3S3. The highest BCUT2D eigenvalue weighted by molar-refractivity contribution is 7.21. The van der Waals surface area contributed by atoms with Crippen molar-refractivity contribution in [2.24, 2.45) is 0 Å². The van der Waals surface area contributed by atoms with Crippen molar-refractivity contribution in [2.45, 2.75) is 0 Å². The molecule has 0 radical (unpaired) electrons. The van der Waals surface area contributed by atoms with Gasteiger partial charge in [-0.15, -0.1) is 34.0 Å². The molecule has 5 rings (SSSR count). The van der Waals surface area contributed by atoms with E-state index in [0.29, 0.717) is 31.7 Å². The molecule has 0 bridgehead atoms. The number of thiophene rings is 2. The molecule has 3 heterocycles. The number of aromatic hydroxyl groups is 1. The lowest BCUT2D eigenvalue weighted by molar-refractivity contribution is 0.102. The van der Waals surface area contributed by atoms with Gasteiger partial charge in [0.25, 0.3) is 11.8 Å². The Kier molecular flexibility index (Phi) is 5.44. The maximum absolute atomic E-state index is 12.3. The summed E-state index contributed by atoms with van der Waals surface area (Å²) in [6, 6.07) is 17.7. The van der Waals surface area contributed by atoms with Crippen molar-refractivity contribution in [3.8, 4) is 16.3 Å². The van der Waals surface area contributed by atoms with E-state index in [0.717, 1.165) is 10.2 Å². The first-order valence-electron chi connectivity index (χ1n) is 9.50. The van der Waals surface area contributed by atoms with Gasteiger partial charge in [0.1, 0.15) is 10.8 Å². The van der Waals surface area contributed by atoms with E-state index in [2.05, 4.69) is 15.6 Å². The van der Waals surface area contributed by atoms with E-state index in [1.54, 1.807) is 24.3 Å². The molecule has 0 unspecified atom stereocenters. The van der Waals surface area contributed by atoms with E-state index in [1.807, 2.05) is 41.1 Å². The molecule has 158 valence electrons. The van der Waals surface area contributed by atoms with Crippen molar-refractivity contribution in [3.05, 3.63) is 81.2 Å². The molecule has 0 atom stereocenters. The number of thiazole rings is 1. The number of carbonyl (C=O) groups is 2. The van der Waals surface area contributed by atoms with Gasteiger partial charge in [-0.2, -0.15) is 0 Å². The number of nitrogens with zero attached hydrogens (tertiary/aromatic N) is 1. The number of hydrogen-bond donors (Lipinski definition) is 3. The number of carbonyl (C=O) groups excluding carboxylic acids is 2. The molecule has 2 amide bonds. The summed E-state index contributed by atoms with van der Waals surface area (Å²) in [4.78, 5) is 30.4. The van der Waals surface area contributed by atoms with Gasteiger partial charge in [-0.3, -0.25) is 9.59 Å². The van der Waals surface area contributed by atoms with Crippen molar-refractivity contribution >= 4 is 67.4 Å². The van der Waals surface area contributed by atoms with Crippen LogP contribution in [-0.4, -0.2) is 21.9 Å². The van der Waals surface area contributed by atoms with Gasteiger partial charge in [0.2, 0.25) is 0 Å². The first kappa shape index (κ1) is 20.4. The lowest BCUT2D eigenvalue weighted by atomic mass is 10.2. The zero-order valence-electron chi connectivity index (χ0n) is 16.4. The second kappa shape index (κ2) is 8.54. The topological polar surface area (TPSA) is 91.3 Å². The number of fused-ring (bicyclic) bond motifs is 1. The number of amides is 2. The number of hydrogen-bond acceptors (Lipinski definition) is 7. The summed E-state index contributed by atoms with van der Waals surface area (Å²) < 4.78 is 0.934. The molecule has 3 aromatic heterocycles. The van der Waals surface area contributed by atoms with E-state index in [1.165, 1.54) is 40.1 Å². The normalized spacial score (nSPS) is 10.9. The maximum Gasteiger partial charge on any atom is 0.265 e. The Balaban J connectivity index is 1.37. The second-order valence-electron chi connectivity index (χ2n) is 6.80. The fourth-order valence-electron chi connectivity index (χ4n) is 3.11. The van der Waals surface area contributed by atoms with Crippen molar-refractivity contribution < 1.29 is 14.7 Å². The van der Waals surface area contributed by atoms with Crippen LogP contribution in [0.1, 0.15) is 19.3 Å². The number of anilines is 2. The van der Waals surface area contributed by atoms with Gasteiger partial charge in [-0.1, -0.05) is 12.1 Å².